The van der Waals surface area contributed by atoms with E-state index in [4.69, 9.17) is 5.11 Å². The Kier molecular flexibility index (Phi) is 2.45. The summed E-state index contributed by atoms with van der Waals surface area (Å²) in [4.78, 5) is 3.97. The molecule has 0 bridgehead atoms. The molecule has 0 atom stereocenters. The first-order valence-corrected chi connectivity index (χ1v) is 3.40. The Bertz CT molecular complexity index is 195. The van der Waals surface area contributed by atoms with Crippen LogP contribution in [-0.2, 0) is 12.9 Å². The number of pyridine rings is 1. The highest BCUT2D eigenvalue weighted by Gasteiger charge is 1.91. The second kappa shape index (κ2) is 3.37. The van der Waals surface area contributed by atoms with Crippen LogP contribution in [0.5, 0.6) is 0 Å². The molecule has 1 heterocycles. The first-order valence-electron chi connectivity index (χ1n) is 3.40. The third-order valence-corrected chi connectivity index (χ3v) is 1.44. The molecule has 0 aliphatic rings. The van der Waals surface area contributed by atoms with Gasteiger partial charge in [0.15, 0.2) is 0 Å². The van der Waals surface area contributed by atoms with Crippen molar-refractivity contribution in [1.82, 2.24) is 4.98 Å². The molecule has 2 nitrogen and oxygen atoms in total. The lowest BCUT2D eigenvalue weighted by atomic mass is 9.98. The average Bonchev–Trinajstić information content (AvgIpc) is 2.05. The van der Waals surface area contributed by atoms with Gasteiger partial charge in [-0.05, 0) is 11.1 Å². The van der Waals surface area contributed by atoms with Crippen LogP contribution in [0.2, 0.25) is 0 Å². The SMILES string of the molecule is BCc1cncc(CO)c1. The van der Waals surface area contributed by atoms with E-state index in [0.29, 0.717) is 0 Å². The molecule has 0 spiro atoms. The van der Waals surface area contributed by atoms with E-state index in [9.17, 15) is 0 Å². The molecule has 10 heavy (non-hydrogen) atoms. The Hall–Kier alpha value is -0.825. The highest BCUT2D eigenvalue weighted by molar-refractivity contribution is 6.08. The minimum atomic E-state index is 0.0842. The molecular formula is C7H10BNO. The van der Waals surface area contributed by atoms with Gasteiger partial charge >= 0.3 is 0 Å². The monoisotopic (exact) mass is 135 g/mol. The second-order valence-electron chi connectivity index (χ2n) is 2.21. The Morgan fingerprint density at radius 1 is 1.40 bits per heavy atom. The van der Waals surface area contributed by atoms with Gasteiger partial charge in [-0.1, -0.05) is 12.4 Å². The molecule has 1 aromatic heterocycles. The van der Waals surface area contributed by atoms with Crippen LogP contribution in [0.15, 0.2) is 18.5 Å². The summed E-state index contributed by atoms with van der Waals surface area (Å²) in [5.74, 6) is 0. The van der Waals surface area contributed by atoms with Crippen molar-refractivity contribution in [3.63, 3.8) is 0 Å². The summed E-state index contributed by atoms with van der Waals surface area (Å²) in [7, 11) is 2.07. The summed E-state index contributed by atoms with van der Waals surface area (Å²) in [6.45, 7) is 0.0842. The van der Waals surface area contributed by atoms with Gasteiger partial charge in [0.1, 0.15) is 7.85 Å². The third kappa shape index (κ3) is 1.58. The van der Waals surface area contributed by atoms with Gasteiger partial charge in [-0.25, -0.2) is 0 Å². The van der Waals surface area contributed by atoms with Crippen LogP contribution in [0.1, 0.15) is 11.1 Å². The van der Waals surface area contributed by atoms with Gasteiger partial charge in [0, 0.05) is 12.4 Å². The molecule has 0 aromatic carbocycles. The Labute approximate surface area is 61.3 Å². The molecule has 1 N–H and O–H groups in total. The molecule has 0 saturated heterocycles. The summed E-state index contributed by atoms with van der Waals surface area (Å²) >= 11 is 0. The van der Waals surface area contributed by atoms with Crippen molar-refractivity contribution < 1.29 is 5.11 Å². The van der Waals surface area contributed by atoms with Crippen molar-refractivity contribution in [1.29, 1.82) is 0 Å². The Balaban J connectivity index is 2.87. The van der Waals surface area contributed by atoms with Crippen molar-refractivity contribution in [2.24, 2.45) is 0 Å². The normalized spacial score (nSPS) is 9.70. The summed E-state index contributed by atoms with van der Waals surface area (Å²) in [6.07, 6.45) is 4.47. The molecule has 0 aliphatic carbocycles. The molecule has 52 valence electrons. The van der Waals surface area contributed by atoms with Gasteiger partial charge < -0.3 is 5.11 Å². The topological polar surface area (TPSA) is 33.1 Å². The molecule has 0 amide bonds. The standard InChI is InChI=1S/C7H10BNO/c8-2-6-1-7(5-10)4-9-3-6/h1,3-4,10H,2,5,8H2. The first-order chi connectivity index (χ1) is 4.86. The Morgan fingerprint density at radius 2 is 2.10 bits per heavy atom. The molecule has 0 unspecified atom stereocenters. The fourth-order valence-electron chi connectivity index (χ4n) is 0.821. The fraction of sp³-hybridized carbons (Fsp3) is 0.286. The van der Waals surface area contributed by atoms with Gasteiger partial charge in [0.05, 0.1) is 6.61 Å². The number of aromatic nitrogens is 1. The van der Waals surface area contributed by atoms with E-state index in [0.717, 1.165) is 11.9 Å². The number of hydrogen-bond acceptors (Lipinski definition) is 2. The van der Waals surface area contributed by atoms with Gasteiger partial charge in [0.2, 0.25) is 0 Å². The zero-order valence-corrected chi connectivity index (χ0v) is 6.04. The predicted octanol–water partition coefficient (Wildman–Crippen LogP) is -0.293. The maximum Gasteiger partial charge on any atom is 0.107 e. The lowest BCUT2D eigenvalue weighted by molar-refractivity contribution is 0.281. The smallest absolute Gasteiger partial charge is 0.107 e. The zero-order chi connectivity index (χ0) is 7.40. The lowest BCUT2D eigenvalue weighted by Gasteiger charge is -1.97. The molecule has 1 rings (SSSR count). The maximum atomic E-state index is 8.72. The maximum absolute atomic E-state index is 8.72. The molecule has 0 saturated carbocycles. The van der Waals surface area contributed by atoms with Gasteiger partial charge in [0.25, 0.3) is 0 Å². The molecule has 3 heteroatoms. The molecule has 1 aromatic rings. The van der Waals surface area contributed by atoms with Crippen LogP contribution >= 0.6 is 0 Å². The third-order valence-electron chi connectivity index (χ3n) is 1.44. The molecular weight excluding hydrogens is 125 g/mol. The highest BCUT2D eigenvalue weighted by Crippen LogP contribution is 2.01. The summed E-state index contributed by atoms with van der Waals surface area (Å²) in [5.41, 5.74) is 2.06. The number of aliphatic hydroxyl groups excluding tert-OH is 1. The summed E-state index contributed by atoms with van der Waals surface area (Å²) in [5, 5.41) is 8.72. The molecule has 0 fully saturated rings. The molecule has 0 radical (unpaired) electrons. The summed E-state index contributed by atoms with van der Waals surface area (Å²) < 4.78 is 0. The van der Waals surface area contributed by atoms with Crippen LogP contribution in [0.4, 0.5) is 0 Å². The van der Waals surface area contributed by atoms with Gasteiger partial charge in [-0.2, -0.15) is 0 Å². The van der Waals surface area contributed by atoms with Crippen molar-refractivity contribution >= 4 is 7.85 Å². The lowest BCUT2D eigenvalue weighted by Crippen LogP contribution is -1.90. The average molecular weight is 135 g/mol. The van der Waals surface area contributed by atoms with Crippen molar-refractivity contribution in [2.75, 3.05) is 0 Å². The van der Waals surface area contributed by atoms with E-state index in [-0.39, 0.29) is 6.61 Å². The van der Waals surface area contributed by atoms with E-state index in [1.54, 1.807) is 6.20 Å². The van der Waals surface area contributed by atoms with Crippen LogP contribution in [-0.4, -0.2) is 17.9 Å². The quantitative estimate of drug-likeness (QED) is 0.565. The van der Waals surface area contributed by atoms with E-state index in [1.807, 2.05) is 12.3 Å². The van der Waals surface area contributed by atoms with E-state index < -0.39 is 0 Å². The van der Waals surface area contributed by atoms with E-state index >= 15 is 0 Å². The number of aliphatic hydroxyl groups is 1. The van der Waals surface area contributed by atoms with Crippen molar-refractivity contribution in [3.8, 4) is 0 Å². The minimum Gasteiger partial charge on any atom is -0.392 e. The highest BCUT2D eigenvalue weighted by atomic mass is 16.3. The van der Waals surface area contributed by atoms with Crippen LogP contribution in [0, 0.1) is 0 Å². The van der Waals surface area contributed by atoms with Crippen molar-refractivity contribution in [2.45, 2.75) is 12.9 Å². The van der Waals surface area contributed by atoms with Gasteiger partial charge in [-0.3, -0.25) is 4.98 Å². The fourth-order valence-corrected chi connectivity index (χ4v) is 0.821. The van der Waals surface area contributed by atoms with Crippen molar-refractivity contribution in [3.05, 3.63) is 29.6 Å². The number of nitrogens with zero attached hydrogens (tertiary/aromatic N) is 1. The Morgan fingerprint density at radius 3 is 2.70 bits per heavy atom. The summed E-state index contributed by atoms with van der Waals surface area (Å²) in [6, 6.07) is 1.97. The first kappa shape index (κ1) is 7.28. The number of rotatable bonds is 2. The van der Waals surface area contributed by atoms with Crippen LogP contribution in [0.25, 0.3) is 0 Å². The molecule has 0 aliphatic heterocycles. The number of hydrogen-bond donors (Lipinski definition) is 1. The van der Waals surface area contributed by atoms with Crippen LogP contribution < -0.4 is 0 Å². The van der Waals surface area contributed by atoms with E-state index in [1.165, 1.54) is 5.56 Å². The predicted molar refractivity (Wildman–Crippen MR) is 42.4 cm³/mol. The minimum absolute atomic E-state index is 0.0842. The van der Waals surface area contributed by atoms with Crippen LogP contribution in [0.3, 0.4) is 0 Å². The van der Waals surface area contributed by atoms with Gasteiger partial charge in [-0.15, -0.1) is 0 Å². The largest absolute Gasteiger partial charge is 0.392 e. The zero-order valence-electron chi connectivity index (χ0n) is 6.04. The second-order valence-corrected chi connectivity index (χ2v) is 2.21. The van der Waals surface area contributed by atoms with E-state index in [2.05, 4.69) is 12.8 Å².